The standard InChI is InChI=1S/C20H23N5O3/c1-2-25-18-14(12-21-25)11-16-22-19(18)28-10-6-9-15(26)17(24-20(27)23-16)13-7-4-3-5-8-13/h3-5,7-8,11-12,15,17,26H,2,6,9-10H2,1H3,(H2,22,23,24,27)/t15-,17-/m0/s1. The summed E-state index contributed by atoms with van der Waals surface area (Å²) in [6, 6.07) is 10.2. The number of aliphatic hydroxyl groups is 1. The molecule has 28 heavy (non-hydrogen) atoms. The van der Waals surface area contributed by atoms with Crippen LogP contribution in [0.15, 0.2) is 42.6 Å². The number of carbonyl (C=O) groups excluding carboxylic acids is 1. The molecule has 146 valence electrons. The van der Waals surface area contributed by atoms with Crippen LogP contribution in [0.2, 0.25) is 0 Å². The Morgan fingerprint density at radius 1 is 1.32 bits per heavy atom. The molecule has 2 amide bonds. The second-order valence-corrected chi connectivity index (χ2v) is 6.76. The van der Waals surface area contributed by atoms with E-state index in [0.717, 1.165) is 16.5 Å². The van der Waals surface area contributed by atoms with Crippen LogP contribution in [-0.4, -0.2) is 38.6 Å². The van der Waals surface area contributed by atoms with E-state index < -0.39 is 18.2 Å². The second-order valence-electron chi connectivity index (χ2n) is 6.76. The zero-order valence-electron chi connectivity index (χ0n) is 15.6. The highest BCUT2D eigenvalue weighted by molar-refractivity contribution is 5.92. The van der Waals surface area contributed by atoms with Gasteiger partial charge in [-0.2, -0.15) is 10.1 Å². The van der Waals surface area contributed by atoms with Crippen molar-refractivity contribution >= 4 is 22.8 Å². The third kappa shape index (κ3) is 3.63. The number of ether oxygens (including phenoxy) is 1. The number of hydrogen-bond donors (Lipinski definition) is 3. The van der Waals surface area contributed by atoms with Crippen LogP contribution in [0.5, 0.6) is 5.88 Å². The van der Waals surface area contributed by atoms with E-state index in [4.69, 9.17) is 4.74 Å². The molecule has 3 aromatic rings. The van der Waals surface area contributed by atoms with Crippen LogP contribution in [0.1, 0.15) is 31.4 Å². The number of nitrogens with one attached hydrogen (secondary N) is 2. The molecule has 4 rings (SSSR count). The predicted octanol–water partition coefficient (Wildman–Crippen LogP) is 2.85. The highest BCUT2D eigenvalue weighted by Crippen LogP contribution is 2.28. The largest absolute Gasteiger partial charge is 0.476 e. The molecular formula is C20H23N5O3. The lowest BCUT2D eigenvalue weighted by atomic mass is 9.98. The number of aromatic nitrogens is 3. The van der Waals surface area contributed by atoms with Crippen LogP contribution in [0, 0.1) is 0 Å². The van der Waals surface area contributed by atoms with Gasteiger partial charge in [0.2, 0.25) is 5.88 Å². The number of hydrogen-bond acceptors (Lipinski definition) is 5. The zero-order valence-corrected chi connectivity index (χ0v) is 15.6. The fourth-order valence-corrected chi connectivity index (χ4v) is 3.47. The Morgan fingerprint density at radius 3 is 2.93 bits per heavy atom. The van der Waals surface area contributed by atoms with E-state index >= 15 is 0 Å². The summed E-state index contributed by atoms with van der Waals surface area (Å²) in [4.78, 5) is 17.1. The van der Waals surface area contributed by atoms with Crippen LogP contribution >= 0.6 is 0 Å². The van der Waals surface area contributed by atoms with Crippen molar-refractivity contribution in [1.82, 2.24) is 20.1 Å². The van der Waals surface area contributed by atoms with Gasteiger partial charge >= 0.3 is 6.03 Å². The van der Waals surface area contributed by atoms with Crippen molar-refractivity contribution in [2.75, 3.05) is 11.9 Å². The van der Waals surface area contributed by atoms with Gasteiger partial charge in [0, 0.05) is 11.9 Å². The van der Waals surface area contributed by atoms with E-state index in [1.807, 2.05) is 41.9 Å². The van der Waals surface area contributed by atoms with Gasteiger partial charge in [0.25, 0.3) is 0 Å². The predicted molar refractivity (Wildman–Crippen MR) is 105 cm³/mol. The first-order valence-corrected chi connectivity index (χ1v) is 9.45. The van der Waals surface area contributed by atoms with Crippen molar-refractivity contribution in [2.45, 2.75) is 38.5 Å². The Kier molecular flexibility index (Phi) is 5.12. The summed E-state index contributed by atoms with van der Waals surface area (Å²) < 4.78 is 7.72. The number of nitrogens with zero attached hydrogens (tertiary/aromatic N) is 3. The minimum Gasteiger partial charge on any atom is -0.476 e. The molecule has 8 heteroatoms. The lowest BCUT2D eigenvalue weighted by molar-refractivity contribution is 0.113. The Labute approximate surface area is 162 Å². The van der Waals surface area contributed by atoms with Crippen molar-refractivity contribution < 1.29 is 14.6 Å². The van der Waals surface area contributed by atoms with Crippen molar-refractivity contribution in [3.63, 3.8) is 0 Å². The average Bonchev–Trinajstić information content (AvgIpc) is 3.12. The Morgan fingerprint density at radius 2 is 2.14 bits per heavy atom. The van der Waals surface area contributed by atoms with E-state index in [1.54, 1.807) is 12.3 Å². The van der Waals surface area contributed by atoms with Gasteiger partial charge in [-0.15, -0.1) is 0 Å². The fraction of sp³-hybridized carbons (Fsp3) is 0.350. The minimum absolute atomic E-state index is 0.373. The van der Waals surface area contributed by atoms with E-state index in [1.165, 1.54) is 0 Å². The summed E-state index contributed by atoms with van der Waals surface area (Å²) in [5, 5.41) is 21.5. The van der Waals surface area contributed by atoms with Crippen LogP contribution in [0.4, 0.5) is 10.6 Å². The van der Waals surface area contributed by atoms with Gasteiger partial charge in [-0.3, -0.25) is 10.00 Å². The van der Waals surface area contributed by atoms with Crippen molar-refractivity contribution in [1.29, 1.82) is 0 Å². The molecule has 0 aliphatic carbocycles. The minimum atomic E-state index is -0.733. The van der Waals surface area contributed by atoms with Crippen LogP contribution < -0.4 is 15.4 Å². The normalized spacial score (nSPS) is 20.4. The van der Waals surface area contributed by atoms with Gasteiger partial charge in [0.05, 0.1) is 24.9 Å². The molecule has 2 bridgehead atoms. The van der Waals surface area contributed by atoms with Crippen LogP contribution in [0.3, 0.4) is 0 Å². The number of carbonyl (C=O) groups is 1. The number of benzene rings is 1. The van der Waals surface area contributed by atoms with Gasteiger partial charge in [-0.25, -0.2) is 4.79 Å². The van der Waals surface area contributed by atoms with E-state index in [-0.39, 0.29) is 0 Å². The number of anilines is 1. The Bertz CT molecular complexity index is 973. The van der Waals surface area contributed by atoms with Gasteiger partial charge in [0.15, 0.2) is 0 Å². The summed E-state index contributed by atoms with van der Waals surface area (Å²) in [5.41, 5.74) is 1.64. The molecule has 0 saturated heterocycles. The van der Waals surface area contributed by atoms with Crippen molar-refractivity contribution in [3.05, 3.63) is 48.2 Å². The Hall–Kier alpha value is -3.13. The van der Waals surface area contributed by atoms with Crippen LogP contribution in [0.25, 0.3) is 10.9 Å². The molecule has 0 unspecified atom stereocenters. The molecular weight excluding hydrogens is 358 g/mol. The molecule has 8 nitrogen and oxygen atoms in total. The van der Waals surface area contributed by atoms with E-state index in [0.29, 0.717) is 37.7 Å². The molecule has 0 radical (unpaired) electrons. The lowest BCUT2D eigenvalue weighted by Gasteiger charge is -2.25. The average molecular weight is 381 g/mol. The first-order chi connectivity index (χ1) is 13.7. The summed E-state index contributed by atoms with van der Waals surface area (Å²) in [6.07, 6.45) is 2.11. The third-order valence-electron chi connectivity index (χ3n) is 4.84. The van der Waals surface area contributed by atoms with Gasteiger partial charge in [0.1, 0.15) is 11.3 Å². The molecule has 0 fully saturated rings. The maximum atomic E-state index is 12.6. The Balaban J connectivity index is 1.68. The van der Waals surface area contributed by atoms with E-state index in [9.17, 15) is 9.90 Å². The first-order valence-electron chi connectivity index (χ1n) is 9.45. The molecule has 0 saturated carbocycles. The fourth-order valence-electron chi connectivity index (χ4n) is 3.47. The second kappa shape index (κ2) is 7.85. The van der Waals surface area contributed by atoms with Gasteiger partial charge < -0.3 is 15.2 Å². The molecule has 2 aromatic heterocycles. The first kappa shape index (κ1) is 18.2. The number of urea groups is 1. The van der Waals surface area contributed by atoms with Crippen molar-refractivity contribution in [2.24, 2.45) is 0 Å². The lowest BCUT2D eigenvalue weighted by Crippen LogP contribution is -2.39. The molecule has 3 N–H and O–H groups in total. The number of aliphatic hydroxyl groups excluding tert-OH is 1. The summed E-state index contributed by atoms with van der Waals surface area (Å²) in [5.74, 6) is 0.805. The molecule has 2 atom stereocenters. The number of rotatable bonds is 2. The SMILES string of the molecule is CCn1ncc2cc3nc(c21)OCCC[C@H](O)[C@H](c1ccccc1)NC(=O)N3. The number of aryl methyl sites for hydroxylation is 1. The molecule has 3 heterocycles. The zero-order chi connectivity index (χ0) is 19.5. The third-order valence-corrected chi connectivity index (χ3v) is 4.84. The number of fused-ring (bicyclic) bond motifs is 4. The van der Waals surface area contributed by atoms with Crippen molar-refractivity contribution in [3.8, 4) is 5.88 Å². The van der Waals surface area contributed by atoms with E-state index in [2.05, 4.69) is 20.7 Å². The monoisotopic (exact) mass is 381 g/mol. The molecule has 0 spiro atoms. The topological polar surface area (TPSA) is 101 Å². The maximum Gasteiger partial charge on any atom is 0.320 e. The van der Waals surface area contributed by atoms with Gasteiger partial charge in [-0.1, -0.05) is 30.3 Å². The quantitative estimate of drug-likeness (QED) is 0.634. The maximum absolute atomic E-state index is 12.6. The molecule has 1 aliphatic rings. The highest BCUT2D eigenvalue weighted by atomic mass is 16.5. The summed E-state index contributed by atoms with van der Waals surface area (Å²) in [6.45, 7) is 3.09. The van der Waals surface area contributed by atoms with Crippen LogP contribution in [-0.2, 0) is 6.54 Å². The molecule has 1 aromatic carbocycles. The molecule has 1 aliphatic heterocycles. The highest BCUT2D eigenvalue weighted by Gasteiger charge is 2.24. The summed E-state index contributed by atoms with van der Waals surface area (Å²) >= 11 is 0. The smallest absolute Gasteiger partial charge is 0.320 e. The number of amides is 2. The number of pyridine rings is 1. The van der Waals surface area contributed by atoms with Gasteiger partial charge in [-0.05, 0) is 31.4 Å². The summed E-state index contributed by atoms with van der Waals surface area (Å²) in [7, 11) is 0.